The lowest BCUT2D eigenvalue weighted by Gasteiger charge is -2.21. The highest BCUT2D eigenvalue weighted by Crippen LogP contribution is 2.23. The van der Waals surface area contributed by atoms with E-state index < -0.39 is 0 Å². The molecule has 0 aliphatic heterocycles. The van der Waals surface area contributed by atoms with Gasteiger partial charge in [0.1, 0.15) is 17.6 Å². The predicted octanol–water partition coefficient (Wildman–Crippen LogP) is 2.39. The van der Waals surface area contributed by atoms with Gasteiger partial charge in [-0.1, -0.05) is 12.1 Å². The summed E-state index contributed by atoms with van der Waals surface area (Å²) < 4.78 is 7.10. The van der Waals surface area contributed by atoms with Crippen LogP contribution in [0.15, 0.2) is 36.7 Å². The third kappa shape index (κ3) is 3.62. The lowest BCUT2D eigenvalue weighted by molar-refractivity contribution is -0.120. The number of carbonyl (C=O) groups excluding carboxylic acids is 1. The molecule has 1 N–H and O–H groups in total. The fourth-order valence-electron chi connectivity index (χ4n) is 2.12. The molecule has 0 bridgehead atoms. The minimum atomic E-state index is -0.284. The first kappa shape index (κ1) is 16.4. The van der Waals surface area contributed by atoms with E-state index in [4.69, 9.17) is 4.74 Å². The van der Waals surface area contributed by atoms with Crippen LogP contribution >= 0.6 is 11.8 Å². The zero-order chi connectivity index (χ0) is 16.1. The molecule has 2 atom stereocenters. The van der Waals surface area contributed by atoms with Gasteiger partial charge in [0, 0.05) is 19.4 Å². The van der Waals surface area contributed by atoms with Crippen molar-refractivity contribution in [3.05, 3.63) is 48.0 Å². The highest BCUT2D eigenvalue weighted by Gasteiger charge is 2.23. The molecule has 1 heterocycles. The Hall–Kier alpha value is -1.95. The number of benzene rings is 1. The van der Waals surface area contributed by atoms with Crippen molar-refractivity contribution in [2.75, 3.05) is 13.4 Å². The van der Waals surface area contributed by atoms with Gasteiger partial charge in [0.05, 0.1) is 12.4 Å². The van der Waals surface area contributed by atoms with E-state index in [1.54, 1.807) is 13.3 Å². The Morgan fingerprint density at radius 2 is 2.05 bits per heavy atom. The molecule has 0 saturated carbocycles. The van der Waals surface area contributed by atoms with Crippen molar-refractivity contribution in [2.45, 2.75) is 18.2 Å². The van der Waals surface area contributed by atoms with E-state index in [9.17, 15) is 4.79 Å². The van der Waals surface area contributed by atoms with Crippen molar-refractivity contribution in [1.82, 2.24) is 14.9 Å². The molecule has 0 aliphatic carbocycles. The number of hydrogen-bond acceptors (Lipinski definition) is 4. The number of hydrogen-bond donors (Lipinski definition) is 1. The molecular weight excluding hydrogens is 298 g/mol. The molecular formula is C16H21N3O2S. The van der Waals surface area contributed by atoms with Crippen molar-refractivity contribution in [3.63, 3.8) is 0 Å². The molecule has 0 unspecified atom stereocenters. The van der Waals surface area contributed by atoms with E-state index in [2.05, 4.69) is 10.3 Å². The predicted molar refractivity (Wildman–Crippen MR) is 89.2 cm³/mol. The molecule has 6 heteroatoms. The van der Waals surface area contributed by atoms with E-state index in [1.807, 2.05) is 55.3 Å². The van der Waals surface area contributed by atoms with Crippen LogP contribution in [0.5, 0.6) is 5.75 Å². The third-order valence-corrected chi connectivity index (χ3v) is 4.50. The fraction of sp³-hybridized carbons (Fsp3) is 0.375. The lowest BCUT2D eigenvalue weighted by atomic mass is 10.1. The molecule has 1 aromatic carbocycles. The summed E-state index contributed by atoms with van der Waals surface area (Å²) in [5.74, 6) is 1.58. The van der Waals surface area contributed by atoms with E-state index in [0.717, 1.165) is 17.1 Å². The molecule has 0 spiro atoms. The maximum absolute atomic E-state index is 12.3. The summed E-state index contributed by atoms with van der Waals surface area (Å²) in [4.78, 5) is 16.7. The topological polar surface area (TPSA) is 56.1 Å². The Balaban J connectivity index is 2.32. The van der Waals surface area contributed by atoms with Crippen LogP contribution in [0.2, 0.25) is 0 Å². The maximum Gasteiger partial charge on any atom is 0.233 e. The second-order valence-corrected chi connectivity index (χ2v) is 6.17. The number of ether oxygens (including phenoxy) is 1. The molecule has 2 aromatic rings. The minimum Gasteiger partial charge on any atom is -0.497 e. The van der Waals surface area contributed by atoms with Gasteiger partial charge in [-0.2, -0.15) is 11.8 Å². The Labute approximate surface area is 135 Å². The van der Waals surface area contributed by atoms with Crippen molar-refractivity contribution in [1.29, 1.82) is 0 Å². The van der Waals surface area contributed by atoms with Gasteiger partial charge in [-0.25, -0.2) is 4.98 Å². The van der Waals surface area contributed by atoms with Crippen molar-refractivity contribution >= 4 is 17.7 Å². The second-order valence-electron chi connectivity index (χ2n) is 4.99. The number of thioether (sulfide) groups is 1. The van der Waals surface area contributed by atoms with Crippen LogP contribution in [0.3, 0.4) is 0 Å². The monoisotopic (exact) mass is 319 g/mol. The van der Waals surface area contributed by atoms with Crippen molar-refractivity contribution in [2.24, 2.45) is 7.05 Å². The zero-order valence-electron chi connectivity index (χ0n) is 13.2. The third-order valence-electron chi connectivity index (χ3n) is 3.58. The number of nitrogens with zero attached hydrogens (tertiary/aromatic N) is 2. The zero-order valence-corrected chi connectivity index (χ0v) is 14.1. The molecule has 1 aromatic heterocycles. The largest absolute Gasteiger partial charge is 0.497 e. The molecule has 118 valence electrons. The molecule has 0 saturated heterocycles. The SMILES string of the molecule is COc1ccc([C@@H](NC(=O)[C@H](C)SC)c2nccn2C)cc1. The highest BCUT2D eigenvalue weighted by molar-refractivity contribution is 7.99. The quantitative estimate of drug-likeness (QED) is 0.888. The molecule has 0 radical (unpaired) electrons. The van der Waals surface area contributed by atoms with Gasteiger partial charge < -0.3 is 14.6 Å². The summed E-state index contributed by atoms with van der Waals surface area (Å²) in [5, 5.41) is 2.97. The van der Waals surface area contributed by atoms with Gasteiger partial charge in [-0.3, -0.25) is 4.79 Å². The van der Waals surface area contributed by atoms with Crippen molar-refractivity contribution in [3.8, 4) is 5.75 Å². The average Bonchev–Trinajstić information content (AvgIpc) is 2.97. The van der Waals surface area contributed by atoms with Crippen molar-refractivity contribution < 1.29 is 9.53 Å². The molecule has 5 nitrogen and oxygen atoms in total. The van der Waals surface area contributed by atoms with E-state index in [1.165, 1.54) is 11.8 Å². The number of aromatic nitrogens is 2. The van der Waals surface area contributed by atoms with E-state index >= 15 is 0 Å². The normalized spacial score (nSPS) is 13.5. The average molecular weight is 319 g/mol. The van der Waals surface area contributed by atoms with E-state index in [-0.39, 0.29) is 17.2 Å². The Morgan fingerprint density at radius 3 is 2.55 bits per heavy atom. The molecule has 2 rings (SSSR count). The van der Waals surface area contributed by atoms with Gasteiger partial charge in [-0.15, -0.1) is 0 Å². The number of aryl methyl sites for hydroxylation is 1. The minimum absolute atomic E-state index is 0.00341. The number of amides is 1. The Kier molecular flexibility index (Phi) is 5.49. The summed E-state index contributed by atoms with van der Waals surface area (Å²) in [5.41, 5.74) is 0.969. The first-order valence-electron chi connectivity index (χ1n) is 7.01. The Morgan fingerprint density at radius 1 is 1.36 bits per heavy atom. The molecule has 0 aliphatic rings. The van der Waals surface area contributed by atoms with Gasteiger partial charge in [0.15, 0.2) is 0 Å². The van der Waals surface area contributed by atoms with Crippen LogP contribution in [0.4, 0.5) is 0 Å². The lowest BCUT2D eigenvalue weighted by Crippen LogP contribution is -2.36. The summed E-state index contributed by atoms with van der Waals surface area (Å²) in [7, 11) is 3.55. The fourth-order valence-corrected chi connectivity index (χ4v) is 2.40. The van der Waals surface area contributed by atoms with Crippen LogP contribution in [-0.4, -0.2) is 34.1 Å². The first-order chi connectivity index (χ1) is 10.6. The van der Waals surface area contributed by atoms with Crippen LogP contribution < -0.4 is 10.1 Å². The number of nitrogens with one attached hydrogen (secondary N) is 1. The Bertz CT molecular complexity index is 625. The van der Waals surface area contributed by atoms with Crippen LogP contribution in [0, 0.1) is 0 Å². The summed E-state index contributed by atoms with van der Waals surface area (Å²) in [6, 6.07) is 7.38. The molecule has 1 amide bonds. The smallest absolute Gasteiger partial charge is 0.233 e. The van der Waals surface area contributed by atoms with Gasteiger partial charge in [0.2, 0.25) is 5.91 Å². The molecule has 22 heavy (non-hydrogen) atoms. The number of carbonyl (C=O) groups is 1. The van der Waals surface area contributed by atoms with Crippen LogP contribution in [-0.2, 0) is 11.8 Å². The standard InChI is InChI=1S/C16H21N3O2S/c1-11(22-4)16(20)18-14(15-17-9-10-19(15)2)12-5-7-13(21-3)8-6-12/h5-11,14H,1-4H3,(H,18,20)/t11-,14+/m0/s1. The van der Waals surface area contributed by atoms with Crippen LogP contribution in [0.25, 0.3) is 0 Å². The summed E-state index contributed by atoms with van der Waals surface area (Å²) >= 11 is 1.52. The van der Waals surface area contributed by atoms with Gasteiger partial charge in [-0.05, 0) is 30.9 Å². The maximum atomic E-state index is 12.3. The molecule has 0 fully saturated rings. The number of imidazole rings is 1. The number of methoxy groups -OCH3 is 1. The van der Waals surface area contributed by atoms with Gasteiger partial charge >= 0.3 is 0 Å². The first-order valence-corrected chi connectivity index (χ1v) is 8.30. The summed E-state index contributed by atoms with van der Waals surface area (Å²) in [6.07, 6.45) is 5.53. The van der Waals surface area contributed by atoms with Crippen LogP contribution in [0.1, 0.15) is 24.4 Å². The second kappa shape index (κ2) is 7.35. The van der Waals surface area contributed by atoms with Gasteiger partial charge in [0.25, 0.3) is 0 Å². The van der Waals surface area contributed by atoms with E-state index in [0.29, 0.717) is 0 Å². The number of rotatable bonds is 6. The highest BCUT2D eigenvalue weighted by atomic mass is 32.2. The summed E-state index contributed by atoms with van der Waals surface area (Å²) in [6.45, 7) is 1.89.